The van der Waals surface area contributed by atoms with Crippen molar-refractivity contribution in [2.75, 3.05) is 6.61 Å². The van der Waals surface area contributed by atoms with E-state index in [-0.39, 0.29) is 18.6 Å². The number of para-hydroxylation sites is 1. The summed E-state index contributed by atoms with van der Waals surface area (Å²) in [6, 6.07) is 7.36. The molecule has 1 amide bonds. The minimum absolute atomic E-state index is 0.0171. The summed E-state index contributed by atoms with van der Waals surface area (Å²) < 4.78 is 0. The number of amides is 1. The summed E-state index contributed by atoms with van der Waals surface area (Å²) in [4.78, 5) is 15.3. The van der Waals surface area contributed by atoms with Crippen molar-refractivity contribution in [1.29, 1.82) is 0 Å². The maximum absolute atomic E-state index is 12.1. The average molecular weight is 289 g/mol. The van der Waals surface area contributed by atoms with Crippen LogP contribution in [0.4, 0.5) is 0 Å². The number of carbonyl (C=O) groups is 1. The van der Waals surface area contributed by atoms with Crippen LogP contribution in [0, 0.1) is 0 Å². The molecule has 5 heteroatoms. The number of aliphatic hydroxyl groups is 1. The van der Waals surface area contributed by atoms with Gasteiger partial charge in [0, 0.05) is 29.7 Å². The molecule has 1 aromatic carbocycles. The SMILES string of the molecule is CCC(CCO)NC(=O)[C@H](N)Cc1c[nH]c2ccccc12. The molecular formula is C16H23N3O2. The number of nitrogens with two attached hydrogens (primary N) is 1. The third-order valence-corrected chi connectivity index (χ3v) is 3.77. The van der Waals surface area contributed by atoms with E-state index in [1.165, 1.54) is 0 Å². The zero-order valence-corrected chi connectivity index (χ0v) is 12.3. The van der Waals surface area contributed by atoms with E-state index in [1.807, 2.05) is 37.4 Å². The van der Waals surface area contributed by atoms with E-state index in [1.54, 1.807) is 0 Å². The monoisotopic (exact) mass is 289 g/mol. The van der Waals surface area contributed by atoms with Crippen molar-refractivity contribution < 1.29 is 9.90 Å². The van der Waals surface area contributed by atoms with Gasteiger partial charge in [0.2, 0.25) is 5.91 Å². The number of nitrogens with one attached hydrogen (secondary N) is 2. The molecule has 0 bridgehead atoms. The van der Waals surface area contributed by atoms with E-state index >= 15 is 0 Å². The fraction of sp³-hybridized carbons (Fsp3) is 0.438. The molecule has 2 rings (SSSR count). The first-order valence-corrected chi connectivity index (χ1v) is 7.37. The third kappa shape index (κ3) is 3.83. The molecule has 0 radical (unpaired) electrons. The van der Waals surface area contributed by atoms with Crippen molar-refractivity contribution in [3.8, 4) is 0 Å². The Bertz CT molecular complexity index is 594. The zero-order chi connectivity index (χ0) is 15.2. The Hall–Kier alpha value is -1.85. The Morgan fingerprint density at radius 3 is 2.90 bits per heavy atom. The summed E-state index contributed by atoms with van der Waals surface area (Å²) in [5.74, 6) is -0.166. The molecule has 21 heavy (non-hydrogen) atoms. The second-order valence-corrected chi connectivity index (χ2v) is 5.30. The molecule has 0 saturated heterocycles. The van der Waals surface area contributed by atoms with Gasteiger partial charge in [-0.05, 0) is 30.9 Å². The number of fused-ring (bicyclic) bond motifs is 1. The summed E-state index contributed by atoms with van der Waals surface area (Å²) in [6.45, 7) is 2.04. The number of aromatic amines is 1. The van der Waals surface area contributed by atoms with E-state index in [9.17, 15) is 4.79 Å². The Morgan fingerprint density at radius 2 is 2.19 bits per heavy atom. The minimum atomic E-state index is -0.586. The van der Waals surface area contributed by atoms with Gasteiger partial charge in [-0.2, -0.15) is 0 Å². The lowest BCUT2D eigenvalue weighted by Crippen LogP contribution is -2.46. The van der Waals surface area contributed by atoms with Crippen LogP contribution in [0.15, 0.2) is 30.5 Å². The lowest BCUT2D eigenvalue weighted by atomic mass is 10.0. The van der Waals surface area contributed by atoms with Gasteiger partial charge in [0.05, 0.1) is 6.04 Å². The van der Waals surface area contributed by atoms with Crippen LogP contribution >= 0.6 is 0 Å². The molecule has 1 heterocycles. The smallest absolute Gasteiger partial charge is 0.237 e. The molecule has 2 aromatic rings. The Labute approximate surface area is 124 Å². The molecule has 114 valence electrons. The predicted octanol–water partition coefficient (Wildman–Crippen LogP) is 1.31. The van der Waals surface area contributed by atoms with E-state index in [2.05, 4.69) is 10.3 Å². The normalized spacial score (nSPS) is 14.0. The average Bonchev–Trinajstić information content (AvgIpc) is 2.90. The molecule has 5 nitrogen and oxygen atoms in total. The van der Waals surface area contributed by atoms with Crippen LogP contribution in [0.5, 0.6) is 0 Å². The van der Waals surface area contributed by atoms with Crippen molar-refractivity contribution >= 4 is 16.8 Å². The van der Waals surface area contributed by atoms with Crippen LogP contribution in [0.25, 0.3) is 10.9 Å². The highest BCUT2D eigenvalue weighted by Gasteiger charge is 2.18. The lowest BCUT2D eigenvalue weighted by Gasteiger charge is -2.19. The van der Waals surface area contributed by atoms with E-state index in [0.717, 1.165) is 22.9 Å². The maximum Gasteiger partial charge on any atom is 0.237 e. The number of benzene rings is 1. The quantitative estimate of drug-likeness (QED) is 0.619. The lowest BCUT2D eigenvalue weighted by molar-refractivity contribution is -0.123. The highest BCUT2D eigenvalue weighted by molar-refractivity contribution is 5.86. The summed E-state index contributed by atoms with van der Waals surface area (Å²) in [5.41, 5.74) is 8.10. The molecule has 0 aliphatic carbocycles. The fourth-order valence-electron chi connectivity index (χ4n) is 2.47. The summed E-state index contributed by atoms with van der Waals surface area (Å²) in [5, 5.41) is 13.0. The first-order valence-electron chi connectivity index (χ1n) is 7.37. The standard InChI is InChI=1S/C16H23N3O2/c1-2-12(7-8-20)19-16(21)14(17)9-11-10-18-15-6-4-3-5-13(11)15/h3-6,10,12,14,18,20H,2,7-9,17H2,1H3,(H,19,21)/t12?,14-/m1/s1. The molecule has 0 aliphatic heterocycles. The van der Waals surface area contributed by atoms with Crippen molar-refractivity contribution in [3.63, 3.8) is 0 Å². The van der Waals surface area contributed by atoms with Crippen LogP contribution < -0.4 is 11.1 Å². The van der Waals surface area contributed by atoms with Gasteiger partial charge in [-0.1, -0.05) is 25.1 Å². The molecule has 0 saturated carbocycles. The topological polar surface area (TPSA) is 91.1 Å². The number of H-pyrrole nitrogens is 1. The third-order valence-electron chi connectivity index (χ3n) is 3.77. The first-order chi connectivity index (χ1) is 10.2. The molecule has 1 unspecified atom stereocenters. The van der Waals surface area contributed by atoms with E-state index in [4.69, 9.17) is 10.8 Å². The molecule has 1 aromatic heterocycles. The number of rotatable bonds is 7. The van der Waals surface area contributed by atoms with Crippen molar-refractivity contribution in [1.82, 2.24) is 10.3 Å². The fourth-order valence-corrected chi connectivity index (χ4v) is 2.47. The summed E-state index contributed by atoms with van der Waals surface area (Å²) in [7, 11) is 0. The Morgan fingerprint density at radius 1 is 1.43 bits per heavy atom. The molecule has 5 N–H and O–H groups in total. The maximum atomic E-state index is 12.1. The van der Waals surface area contributed by atoms with Gasteiger partial charge in [0.1, 0.15) is 0 Å². The summed E-state index contributed by atoms with van der Waals surface area (Å²) >= 11 is 0. The minimum Gasteiger partial charge on any atom is -0.396 e. The van der Waals surface area contributed by atoms with Crippen LogP contribution in [0.3, 0.4) is 0 Å². The number of aliphatic hydroxyl groups excluding tert-OH is 1. The van der Waals surface area contributed by atoms with E-state index in [0.29, 0.717) is 12.8 Å². The van der Waals surface area contributed by atoms with E-state index < -0.39 is 6.04 Å². The molecular weight excluding hydrogens is 266 g/mol. The van der Waals surface area contributed by atoms with Crippen LogP contribution in [0.1, 0.15) is 25.3 Å². The van der Waals surface area contributed by atoms with Crippen LogP contribution in [-0.2, 0) is 11.2 Å². The van der Waals surface area contributed by atoms with Gasteiger partial charge in [-0.15, -0.1) is 0 Å². The second-order valence-electron chi connectivity index (χ2n) is 5.30. The van der Waals surface area contributed by atoms with Crippen LogP contribution in [0.2, 0.25) is 0 Å². The van der Waals surface area contributed by atoms with Crippen molar-refractivity contribution in [2.24, 2.45) is 5.73 Å². The van der Waals surface area contributed by atoms with Gasteiger partial charge in [-0.25, -0.2) is 0 Å². The molecule has 0 aliphatic rings. The first kappa shape index (κ1) is 15.5. The number of hydrogen-bond acceptors (Lipinski definition) is 3. The Kier molecular flexibility index (Phi) is 5.36. The van der Waals surface area contributed by atoms with Gasteiger partial charge >= 0.3 is 0 Å². The van der Waals surface area contributed by atoms with Gasteiger partial charge in [0.15, 0.2) is 0 Å². The number of carbonyl (C=O) groups excluding carboxylic acids is 1. The molecule has 2 atom stereocenters. The summed E-state index contributed by atoms with van der Waals surface area (Å²) in [6.07, 6.45) is 3.74. The highest BCUT2D eigenvalue weighted by atomic mass is 16.3. The van der Waals surface area contributed by atoms with Crippen molar-refractivity contribution in [3.05, 3.63) is 36.0 Å². The predicted molar refractivity (Wildman–Crippen MR) is 83.9 cm³/mol. The molecule has 0 fully saturated rings. The van der Waals surface area contributed by atoms with Gasteiger partial charge in [-0.3, -0.25) is 4.79 Å². The largest absolute Gasteiger partial charge is 0.396 e. The van der Waals surface area contributed by atoms with Crippen molar-refractivity contribution in [2.45, 2.75) is 38.3 Å². The zero-order valence-electron chi connectivity index (χ0n) is 12.3. The van der Waals surface area contributed by atoms with Gasteiger partial charge in [0.25, 0.3) is 0 Å². The highest BCUT2D eigenvalue weighted by Crippen LogP contribution is 2.18. The molecule has 0 spiro atoms. The number of aromatic nitrogens is 1. The Balaban J connectivity index is 2.00. The van der Waals surface area contributed by atoms with Gasteiger partial charge < -0.3 is 21.1 Å². The second kappa shape index (κ2) is 7.24. The van der Waals surface area contributed by atoms with Crippen LogP contribution in [-0.4, -0.2) is 34.7 Å². The number of hydrogen-bond donors (Lipinski definition) is 4.